The number of likely N-dealkylation sites (tertiary alicyclic amines) is 1. The number of carbonyl (C=O) groups excluding carboxylic acids is 2. The highest BCUT2D eigenvalue weighted by atomic mass is 35.5. The summed E-state index contributed by atoms with van der Waals surface area (Å²) in [5.74, 6) is 0.189. The standard InChI is InChI=1S/C19H27ClN4O2/c1-22(2)19(26)23-9-6-14(7-10-23)18(25)24-11-8-21-13-17(24)15-4-3-5-16(20)12-15/h3-5,12,14,17,21H,6-11,13H2,1-2H3. The molecule has 0 aromatic heterocycles. The number of nitrogens with one attached hydrogen (secondary N) is 1. The normalized spacial score (nSPS) is 21.6. The van der Waals surface area contributed by atoms with Crippen LogP contribution in [0.4, 0.5) is 4.79 Å². The number of urea groups is 1. The van der Waals surface area contributed by atoms with Crippen molar-refractivity contribution < 1.29 is 9.59 Å². The average Bonchev–Trinajstić information content (AvgIpc) is 2.67. The van der Waals surface area contributed by atoms with Gasteiger partial charge in [0.1, 0.15) is 0 Å². The third kappa shape index (κ3) is 4.13. The third-order valence-corrected chi connectivity index (χ3v) is 5.49. The van der Waals surface area contributed by atoms with Crippen molar-refractivity contribution >= 4 is 23.5 Å². The molecule has 1 N–H and O–H groups in total. The molecule has 1 aromatic rings. The third-order valence-electron chi connectivity index (χ3n) is 5.26. The highest BCUT2D eigenvalue weighted by molar-refractivity contribution is 6.30. The van der Waals surface area contributed by atoms with Crippen LogP contribution in [-0.4, -0.2) is 73.5 Å². The second kappa shape index (κ2) is 8.27. The topological polar surface area (TPSA) is 55.9 Å². The molecule has 2 aliphatic rings. The van der Waals surface area contributed by atoms with Gasteiger partial charge in [0, 0.05) is 57.8 Å². The van der Waals surface area contributed by atoms with Crippen molar-refractivity contribution in [2.24, 2.45) is 5.92 Å². The highest BCUT2D eigenvalue weighted by Crippen LogP contribution is 2.29. The summed E-state index contributed by atoms with van der Waals surface area (Å²) in [7, 11) is 3.52. The minimum Gasteiger partial charge on any atom is -0.333 e. The largest absolute Gasteiger partial charge is 0.333 e. The molecule has 26 heavy (non-hydrogen) atoms. The molecule has 2 fully saturated rings. The van der Waals surface area contributed by atoms with Crippen LogP contribution in [0.15, 0.2) is 24.3 Å². The molecule has 2 heterocycles. The summed E-state index contributed by atoms with van der Waals surface area (Å²) in [5, 5.41) is 4.07. The number of piperidine rings is 1. The van der Waals surface area contributed by atoms with Gasteiger partial charge in [-0.3, -0.25) is 4.79 Å². The minimum atomic E-state index is -0.0130. The first-order chi connectivity index (χ1) is 12.5. The Bertz CT molecular complexity index is 659. The van der Waals surface area contributed by atoms with E-state index in [0.29, 0.717) is 24.7 Å². The maximum Gasteiger partial charge on any atom is 0.319 e. The molecule has 2 saturated heterocycles. The first-order valence-corrected chi connectivity index (χ1v) is 9.58. The Hall–Kier alpha value is -1.79. The predicted octanol–water partition coefficient (Wildman–Crippen LogP) is 2.21. The van der Waals surface area contributed by atoms with Gasteiger partial charge in [0.15, 0.2) is 0 Å². The summed E-state index contributed by atoms with van der Waals surface area (Å²) >= 11 is 6.15. The molecule has 3 rings (SSSR count). The molecule has 0 saturated carbocycles. The first-order valence-electron chi connectivity index (χ1n) is 9.20. The SMILES string of the molecule is CN(C)C(=O)N1CCC(C(=O)N2CCNCC2c2cccc(Cl)c2)CC1. The molecule has 7 heteroatoms. The van der Waals surface area contributed by atoms with E-state index < -0.39 is 0 Å². The van der Waals surface area contributed by atoms with Crippen molar-refractivity contribution in [1.82, 2.24) is 20.0 Å². The zero-order chi connectivity index (χ0) is 18.7. The molecule has 142 valence electrons. The van der Waals surface area contributed by atoms with Crippen molar-refractivity contribution in [2.75, 3.05) is 46.8 Å². The minimum absolute atomic E-state index is 0.0105. The Morgan fingerprint density at radius 1 is 1.19 bits per heavy atom. The lowest BCUT2D eigenvalue weighted by atomic mass is 9.93. The number of rotatable bonds is 2. The van der Waals surface area contributed by atoms with E-state index in [0.717, 1.165) is 31.5 Å². The predicted molar refractivity (Wildman–Crippen MR) is 102 cm³/mol. The van der Waals surface area contributed by atoms with Gasteiger partial charge in [0.2, 0.25) is 5.91 Å². The zero-order valence-electron chi connectivity index (χ0n) is 15.4. The van der Waals surface area contributed by atoms with Crippen LogP contribution in [0.25, 0.3) is 0 Å². The summed E-state index contributed by atoms with van der Waals surface area (Å²) in [6.45, 7) is 3.53. The van der Waals surface area contributed by atoms with Crippen LogP contribution in [-0.2, 0) is 4.79 Å². The highest BCUT2D eigenvalue weighted by Gasteiger charge is 2.35. The molecule has 2 aliphatic heterocycles. The van der Waals surface area contributed by atoms with Gasteiger partial charge in [-0.05, 0) is 30.5 Å². The monoisotopic (exact) mass is 378 g/mol. The van der Waals surface area contributed by atoms with E-state index in [-0.39, 0.29) is 23.9 Å². The van der Waals surface area contributed by atoms with Crippen LogP contribution in [0.5, 0.6) is 0 Å². The van der Waals surface area contributed by atoms with Crippen LogP contribution in [0, 0.1) is 5.92 Å². The maximum atomic E-state index is 13.2. The smallest absolute Gasteiger partial charge is 0.319 e. The lowest BCUT2D eigenvalue weighted by molar-refractivity contribution is -0.140. The molecule has 3 amide bonds. The van der Waals surface area contributed by atoms with Gasteiger partial charge in [0.05, 0.1) is 6.04 Å². The summed E-state index contributed by atoms with van der Waals surface area (Å²) < 4.78 is 0. The fourth-order valence-corrected chi connectivity index (χ4v) is 4.01. The van der Waals surface area contributed by atoms with Crippen LogP contribution in [0.2, 0.25) is 5.02 Å². The number of hydrogen-bond donors (Lipinski definition) is 1. The maximum absolute atomic E-state index is 13.2. The van der Waals surface area contributed by atoms with E-state index in [1.54, 1.807) is 19.0 Å². The molecule has 0 bridgehead atoms. The van der Waals surface area contributed by atoms with Gasteiger partial charge >= 0.3 is 6.03 Å². The second-order valence-corrected chi connectivity index (χ2v) is 7.68. The van der Waals surface area contributed by atoms with Crippen molar-refractivity contribution in [2.45, 2.75) is 18.9 Å². The van der Waals surface area contributed by atoms with Gasteiger partial charge in [-0.1, -0.05) is 23.7 Å². The quantitative estimate of drug-likeness (QED) is 0.858. The lowest BCUT2D eigenvalue weighted by Crippen LogP contribution is -2.52. The molecule has 0 aliphatic carbocycles. The Balaban J connectivity index is 1.67. The van der Waals surface area contributed by atoms with Gasteiger partial charge in [-0.25, -0.2) is 4.79 Å². The number of benzene rings is 1. The van der Waals surface area contributed by atoms with E-state index in [1.165, 1.54) is 0 Å². The molecule has 1 aromatic carbocycles. The summed E-state index contributed by atoms with van der Waals surface area (Å²) in [6, 6.07) is 7.79. The van der Waals surface area contributed by atoms with E-state index in [4.69, 9.17) is 11.6 Å². The van der Waals surface area contributed by atoms with E-state index in [9.17, 15) is 9.59 Å². The number of piperazine rings is 1. The van der Waals surface area contributed by atoms with Crippen LogP contribution < -0.4 is 5.32 Å². The Morgan fingerprint density at radius 2 is 1.92 bits per heavy atom. The zero-order valence-corrected chi connectivity index (χ0v) is 16.2. The van der Waals surface area contributed by atoms with Crippen LogP contribution in [0.1, 0.15) is 24.4 Å². The molecular weight excluding hydrogens is 352 g/mol. The van der Waals surface area contributed by atoms with E-state index in [1.807, 2.05) is 34.1 Å². The van der Waals surface area contributed by atoms with Gasteiger partial charge < -0.3 is 20.0 Å². The lowest BCUT2D eigenvalue weighted by Gasteiger charge is -2.40. The van der Waals surface area contributed by atoms with Gasteiger partial charge in [-0.15, -0.1) is 0 Å². The Morgan fingerprint density at radius 3 is 2.58 bits per heavy atom. The summed E-state index contributed by atoms with van der Waals surface area (Å²) in [6.07, 6.45) is 1.45. The molecule has 0 radical (unpaired) electrons. The number of carbonyl (C=O) groups is 2. The number of halogens is 1. The Kier molecular flexibility index (Phi) is 6.04. The van der Waals surface area contributed by atoms with Crippen molar-refractivity contribution in [3.8, 4) is 0 Å². The molecular formula is C19H27ClN4O2. The number of hydrogen-bond acceptors (Lipinski definition) is 3. The molecule has 1 unspecified atom stereocenters. The first kappa shape index (κ1) is 19.0. The molecule has 0 spiro atoms. The van der Waals surface area contributed by atoms with Crippen molar-refractivity contribution in [3.05, 3.63) is 34.9 Å². The van der Waals surface area contributed by atoms with Crippen molar-refractivity contribution in [3.63, 3.8) is 0 Å². The number of nitrogens with zero attached hydrogens (tertiary/aromatic N) is 3. The Labute approximate surface area is 160 Å². The molecule has 1 atom stereocenters. The van der Waals surface area contributed by atoms with Gasteiger partial charge in [0.25, 0.3) is 0 Å². The van der Waals surface area contributed by atoms with E-state index >= 15 is 0 Å². The second-order valence-electron chi connectivity index (χ2n) is 7.24. The fourth-order valence-electron chi connectivity index (χ4n) is 3.81. The van der Waals surface area contributed by atoms with Gasteiger partial charge in [-0.2, -0.15) is 0 Å². The van der Waals surface area contributed by atoms with Crippen molar-refractivity contribution in [1.29, 1.82) is 0 Å². The number of amides is 3. The van der Waals surface area contributed by atoms with Crippen LogP contribution >= 0.6 is 11.6 Å². The van der Waals surface area contributed by atoms with Crippen LogP contribution in [0.3, 0.4) is 0 Å². The fraction of sp³-hybridized carbons (Fsp3) is 0.579. The van der Waals surface area contributed by atoms with E-state index in [2.05, 4.69) is 5.32 Å². The summed E-state index contributed by atoms with van der Waals surface area (Å²) in [5.41, 5.74) is 1.07. The molecule has 6 nitrogen and oxygen atoms in total. The summed E-state index contributed by atoms with van der Waals surface area (Å²) in [4.78, 5) is 30.7. The average molecular weight is 379 g/mol.